The average Bonchev–Trinajstić information content (AvgIpc) is 3.32. The number of halogens is 2. The first-order valence-corrected chi connectivity index (χ1v) is 12.7. The molecule has 4 atom stereocenters. The lowest BCUT2D eigenvalue weighted by atomic mass is 9.76. The number of ether oxygens (including phenoxy) is 1. The summed E-state index contributed by atoms with van der Waals surface area (Å²) in [6.07, 6.45) is 4.58. The van der Waals surface area contributed by atoms with E-state index in [1.54, 1.807) is 18.2 Å². The Morgan fingerprint density at radius 1 is 1.15 bits per heavy atom. The lowest BCUT2D eigenvalue weighted by molar-refractivity contribution is 0.279. The van der Waals surface area contributed by atoms with Crippen LogP contribution < -0.4 is 9.46 Å². The number of para-hydroxylation sites is 1. The second-order valence-electron chi connectivity index (χ2n) is 9.40. The number of sulfonamides is 1. The minimum Gasteiger partial charge on any atom is -0.483 e. The molecule has 2 aliphatic carbocycles. The maximum atomic E-state index is 14.9. The van der Waals surface area contributed by atoms with Crippen molar-refractivity contribution in [2.24, 2.45) is 11.8 Å². The highest BCUT2D eigenvalue weighted by atomic mass is 32.2. The molecular weight excluding hydrogens is 450 g/mol. The molecule has 1 spiro atoms. The third-order valence-electron chi connectivity index (χ3n) is 7.17. The van der Waals surface area contributed by atoms with Gasteiger partial charge in [0.15, 0.2) is 11.6 Å². The summed E-state index contributed by atoms with van der Waals surface area (Å²) in [5.41, 5.74) is 1.41. The molecule has 3 aliphatic rings. The normalized spacial score (nSPS) is 27.8. The molecule has 6 nitrogen and oxygen atoms in total. The average molecular weight is 473 g/mol. The number of fused-ring (bicyclic) bond motifs is 9. The van der Waals surface area contributed by atoms with E-state index in [1.165, 1.54) is 30.7 Å². The van der Waals surface area contributed by atoms with Crippen LogP contribution in [0.15, 0.2) is 47.1 Å². The highest BCUT2D eigenvalue weighted by Crippen LogP contribution is 2.64. The van der Waals surface area contributed by atoms with Crippen LogP contribution in [0.25, 0.3) is 11.1 Å². The van der Waals surface area contributed by atoms with Gasteiger partial charge in [-0.25, -0.2) is 26.9 Å². The Balaban J connectivity index is 1.50. The molecule has 6 rings (SSSR count). The second-order valence-corrected chi connectivity index (χ2v) is 11.2. The quantitative estimate of drug-likeness (QED) is 0.611. The van der Waals surface area contributed by atoms with Crippen LogP contribution >= 0.6 is 0 Å². The number of hydrogen-bond donors (Lipinski definition) is 1. The van der Waals surface area contributed by atoms with Crippen LogP contribution in [-0.2, 0) is 28.5 Å². The molecule has 0 unspecified atom stereocenters. The molecule has 2 saturated carbocycles. The molecule has 0 saturated heterocycles. The van der Waals surface area contributed by atoms with E-state index in [2.05, 4.69) is 9.71 Å². The minimum absolute atomic E-state index is 0.0334. The van der Waals surface area contributed by atoms with Gasteiger partial charge in [-0.05, 0) is 54.9 Å². The Kier molecular flexibility index (Phi) is 4.48. The van der Waals surface area contributed by atoms with Crippen molar-refractivity contribution in [2.45, 2.75) is 37.3 Å². The van der Waals surface area contributed by atoms with Crippen molar-refractivity contribution in [3.05, 3.63) is 71.4 Å². The van der Waals surface area contributed by atoms with E-state index in [1.807, 2.05) is 0 Å². The van der Waals surface area contributed by atoms with Gasteiger partial charge in [0.05, 0.1) is 11.7 Å². The van der Waals surface area contributed by atoms with Crippen molar-refractivity contribution in [1.82, 2.24) is 9.71 Å². The highest BCUT2D eigenvalue weighted by molar-refractivity contribution is 7.88. The van der Waals surface area contributed by atoms with Gasteiger partial charge in [-0.15, -0.1) is 0 Å². The molecule has 3 aromatic rings. The van der Waals surface area contributed by atoms with Gasteiger partial charge < -0.3 is 9.15 Å². The third kappa shape index (κ3) is 3.45. The summed E-state index contributed by atoms with van der Waals surface area (Å²) in [5, 5.41) is 0. The van der Waals surface area contributed by atoms with Crippen molar-refractivity contribution >= 4 is 10.0 Å². The molecule has 0 radical (unpaired) electrons. The van der Waals surface area contributed by atoms with Crippen LogP contribution in [0, 0.1) is 23.5 Å². The molecule has 2 fully saturated rings. The molecule has 172 valence electrons. The lowest BCUT2D eigenvalue weighted by Crippen LogP contribution is -2.38. The zero-order valence-electron chi connectivity index (χ0n) is 17.8. The first-order chi connectivity index (χ1) is 15.7. The third-order valence-corrected chi connectivity index (χ3v) is 7.90. The van der Waals surface area contributed by atoms with Crippen LogP contribution in [0.2, 0.25) is 0 Å². The van der Waals surface area contributed by atoms with Gasteiger partial charge in [0.2, 0.25) is 15.9 Å². The predicted molar refractivity (Wildman–Crippen MR) is 116 cm³/mol. The maximum absolute atomic E-state index is 14.9. The van der Waals surface area contributed by atoms with E-state index in [0.717, 1.165) is 12.0 Å². The Labute approximate surface area is 190 Å². The van der Waals surface area contributed by atoms with Crippen molar-refractivity contribution < 1.29 is 26.4 Å². The number of nitrogens with one attached hydrogen (secondary N) is 1. The fourth-order valence-corrected chi connectivity index (χ4v) is 6.60. The van der Waals surface area contributed by atoms with Gasteiger partial charge in [0.25, 0.3) is 0 Å². The van der Waals surface area contributed by atoms with Gasteiger partial charge in [0.1, 0.15) is 24.4 Å². The summed E-state index contributed by atoms with van der Waals surface area (Å²) in [7, 11) is -3.37. The lowest BCUT2D eigenvalue weighted by Gasteiger charge is -2.30. The van der Waals surface area contributed by atoms with E-state index in [4.69, 9.17) is 9.15 Å². The van der Waals surface area contributed by atoms with Crippen molar-refractivity contribution in [1.29, 1.82) is 0 Å². The Morgan fingerprint density at radius 2 is 2.00 bits per heavy atom. The molecule has 4 bridgehead atoms. The second kappa shape index (κ2) is 7.11. The molecule has 1 N–H and O–H groups in total. The summed E-state index contributed by atoms with van der Waals surface area (Å²) in [5.74, 6) is -0.163. The molecule has 9 heteroatoms. The first kappa shape index (κ1) is 20.8. The summed E-state index contributed by atoms with van der Waals surface area (Å²) in [6.45, 7) is -0.0338. The largest absolute Gasteiger partial charge is 0.483 e. The summed E-state index contributed by atoms with van der Waals surface area (Å²) < 4.78 is 67.9. The molecule has 33 heavy (non-hydrogen) atoms. The molecular formula is C24H22F2N2O4S. The monoisotopic (exact) mass is 472 g/mol. The SMILES string of the molecule is CS(=O)(=O)N[C@@H]1C[C@]2(Cc3ccc(F)c(c3)-c3cccc(F)c3OCc3coc2n3)[C@H]2C[C@@H]12. The van der Waals surface area contributed by atoms with Crippen molar-refractivity contribution in [2.75, 3.05) is 6.26 Å². The Morgan fingerprint density at radius 3 is 2.82 bits per heavy atom. The summed E-state index contributed by atoms with van der Waals surface area (Å²) in [4.78, 5) is 4.68. The van der Waals surface area contributed by atoms with E-state index >= 15 is 0 Å². The van der Waals surface area contributed by atoms with Gasteiger partial charge in [-0.2, -0.15) is 0 Å². The molecule has 1 aromatic heterocycles. The number of oxazole rings is 1. The Bertz CT molecular complexity index is 1370. The molecule has 0 amide bonds. The summed E-state index contributed by atoms with van der Waals surface area (Å²) >= 11 is 0. The number of hydrogen-bond acceptors (Lipinski definition) is 5. The molecule has 2 heterocycles. The summed E-state index contributed by atoms with van der Waals surface area (Å²) in [6, 6.07) is 9.04. The topological polar surface area (TPSA) is 81.4 Å². The minimum atomic E-state index is -3.37. The van der Waals surface area contributed by atoms with Crippen LogP contribution in [0.1, 0.15) is 30.0 Å². The fourth-order valence-electron chi connectivity index (χ4n) is 5.79. The van der Waals surface area contributed by atoms with Crippen LogP contribution in [0.3, 0.4) is 0 Å². The van der Waals surface area contributed by atoms with E-state index in [9.17, 15) is 17.2 Å². The van der Waals surface area contributed by atoms with Crippen molar-refractivity contribution in [3.63, 3.8) is 0 Å². The van der Waals surface area contributed by atoms with Gasteiger partial charge in [0, 0.05) is 17.2 Å². The van der Waals surface area contributed by atoms with E-state index < -0.39 is 27.1 Å². The predicted octanol–water partition coefficient (Wildman–Crippen LogP) is 3.95. The molecule has 2 aromatic carbocycles. The van der Waals surface area contributed by atoms with Gasteiger partial charge in [-0.1, -0.05) is 18.2 Å². The standard InChI is InChI=1S/C24H22F2N2O4S/c1-33(29,30)28-21-10-24(18-8-17(18)21)9-13-5-6-19(25)16(7-13)15-3-2-4-20(26)22(15)31-11-14-12-32-23(24)27-14/h2-7,12,17-18,21,28H,8-11H2,1H3/t17-,18+,21-,24-/m1/s1. The smallest absolute Gasteiger partial charge is 0.208 e. The van der Waals surface area contributed by atoms with Gasteiger partial charge >= 0.3 is 0 Å². The van der Waals surface area contributed by atoms with Crippen LogP contribution in [0.4, 0.5) is 8.78 Å². The Hall–Kier alpha value is -2.78. The first-order valence-electron chi connectivity index (χ1n) is 10.9. The van der Waals surface area contributed by atoms with Crippen LogP contribution in [-0.4, -0.2) is 25.7 Å². The highest BCUT2D eigenvalue weighted by Gasteiger charge is 2.65. The van der Waals surface area contributed by atoms with Gasteiger partial charge in [-0.3, -0.25) is 0 Å². The fraction of sp³-hybridized carbons (Fsp3) is 0.375. The van der Waals surface area contributed by atoms with Crippen molar-refractivity contribution in [3.8, 4) is 16.9 Å². The number of rotatable bonds is 2. The van der Waals surface area contributed by atoms with E-state index in [0.29, 0.717) is 30.0 Å². The zero-order valence-corrected chi connectivity index (χ0v) is 18.7. The maximum Gasteiger partial charge on any atom is 0.208 e. The molecule has 1 aliphatic heterocycles. The zero-order chi connectivity index (χ0) is 23.0. The number of benzene rings is 2. The van der Waals surface area contributed by atoms with E-state index in [-0.39, 0.29) is 35.8 Å². The number of nitrogens with zero attached hydrogens (tertiary/aromatic N) is 1. The van der Waals surface area contributed by atoms with Crippen LogP contribution in [0.5, 0.6) is 5.75 Å². The number of aromatic nitrogens is 1.